The Bertz CT molecular complexity index is 3780. The van der Waals surface area contributed by atoms with Crippen molar-refractivity contribution in [3.63, 3.8) is 0 Å². The van der Waals surface area contributed by atoms with Crippen LogP contribution in [-0.2, 0) is 0 Å². The summed E-state index contributed by atoms with van der Waals surface area (Å²) in [5.74, 6) is 1.29. The van der Waals surface area contributed by atoms with E-state index in [1.165, 1.54) is 92.8 Å². The third kappa shape index (κ3) is 7.44. The van der Waals surface area contributed by atoms with Crippen molar-refractivity contribution in [3.05, 3.63) is 267 Å². The van der Waals surface area contributed by atoms with Crippen LogP contribution < -0.4 is 20.4 Å². The number of benzene rings is 5. The van der Waals surface area contributed by atoms with Crippen LogP contribution in [-0.4, -0.2) is 9.55 Å². The van der Waals surface area contributed by atoms with E-state index in [1.54, 1.807) is 0 Å². The molecule has 0 spiro atoms. The van der Waals surface area contributed by atoms with Crippen LogP contribution in [0.4, 0.5) is 17.2 Å². The first-order valence-corrected chi connectivity index (χ1v) is 25.6. The van der Waals surface area contributed by atoms with Crippen molar-refractivity contribution in [2.75, 3.05) is 9.80 Å². The van der Waals surface area contributed by atoms with Gasteiger partial charge in [-0.1, -0.05) is 164 Å². The zero-order valence-corrected chi connectivity index (χ0v) is 40.1. The van der Waals surface area contributed by atoms with E-state index in [0.717, 1.165) is 61.3 Å². The summed E-state index contributed by atoms with van der Waals surface area (Å²) in [4.78, 5) is 13.1. The molecule has 0 N–H and O–H groups in total. The molecule has 5 heteroatoms. The van der Waals surface area contributed by atoms with Gasteiger partial charge in [0.15, 0.2) is 0 Å². The fourth-order valence-electron chi connectivity index (χ4n) is 11.4. The minimum absolute atomic E-state index is 0.357. The number of aryl methyl sites for hydroxylation is 1. The SMILES string of the molecule is Cc1c(N(C2=CC=C(n3c4c(c5ccccc53)=CC=C3CC=4c4ccccc4N3c3cccc(C4=C/CC5C=C(/C=C\4)Sc4ccccc45)n3)CC=C2)/C2=C/CC=CC=CCC2)ccc2ccccc12. The molecule has 0 amide bonds. The van der Waals surface area contributed by atoms with E-state index in [0.29, 0.717) is 5.92 Å². The van der Waals surface area contributed by atoms with Gasteiger partial charge in [0.05, 0.1) is 22.2 Å². The second-order valence-electron chi connectivity index (χ2n) is 18.8. The van der Waals surface area contributed by atoms with Crippen molar-refractivity contribution in [1.82, 2.24) is 9.55 Å². The van der Waals surface area contributed by atoms with Gasteiger partial charge in [0.25, 0.3) is 0 Å². The van der Waals surface area contributed by atoms with E-state index in [4.69, 9.17) is 4.98 Å². The molecule has 0 saturated heterocycles. The van der Waals surface area contributed by atoms with Gasteiger partial charge in [0.2, 0.25) is 0 Å². The molecule has 0 saturated carbocycles. The Balaban J connectivity index is 0.926. The minimum atomic E-state index is 0.357. The van der Waals surface area contributed by atoms with Crippen molar-refractivity contribution in [2.45, 2.75) is 56.3 Å². The second-order valence-corrected chi connectivity index (χ2v) is 19.9. The summed E-state index contributed by atoms with van der Waals surface area (Å²) >= 11 is 1.86. The lowest BCUT2D eigenvalue weighted by molar-refractivity contribution is 0.835. The molecule has 6 aliphatic rings. The maximum Gasteiger partial charge on any atom is 0.138 e. The van der Waals surface area contributed by atoms with Gasteiger partial charge in [0.1, 0.15) is 5.82 Å². The first-order valence-electron chi connectivity index (χ1n) is 24.8. The predicted molar refractivity (Wildman–Crippen MR) is 296 cm³/mol. The summed E-state index contributed by atoms with van der Waals surface area (Å²) in [6, 6.07) is 46.7. The van der Waals surface area contributed by atoms with Crippen LogP contribution in [0.2, 0.25) is 0 Å². The number of hydrogen-bond acceptors (Lipinski definition) is 4. The standard InChI is InChI=1S/C65H52N4S/c1-44-53-23-9-8-18-45(53)35-41-60(44)67(48-19-6-4-2-3-5-7-20-48)49-21-16-22-50(37-36-49)69-62-29-14-10-25-55(62)57-40-38-51-43-58(65(57)69)56-26-11-13-28-61(56)68(51)64-31-17-27-59(66-64)46-32-33-47-42-52(39-34-46)70-63-30-15-12-24-54(47)63/h2-5,8-19,21,23-32,34-42,47H,6-7,20,22,33,43H2,1H3/b4-2?,5-3?,39-34-,46-32+,48-19+. The molecule has 1 unspecified atom stereocenters. The molecule has 4 nitrogen and oxygen atoms in total. The highest BCUT2D eigenvalue weighted by Crippen LogP contribution is 2.46. The van der Waals surface area contributed by atoms with Crippen molar-refractivity contribution < 1.29 is 0 Å². The van der Waals surface area contributed by atoms with Gasteiger partial charge in [0, 0.05) is 73.2 Å². The molecule has 2 aromatic heterocycles. The Morgan fingerprint density at radius 1 is 0.700 bits per heavy atom. The number of anilines is 3. The van der Waals surface area contributed by atoms with Gasteiger partial charge >= 0.3 is 0 Å². The molecule has 7 aromatic rings. The molecule has 13 rings (SSSR count). The van der Waals surface area contributed by atoms with Gasteiger partial charge in [-0.2, -0.15) is 0 Å². The molecule has 1 atom stereocenters. The van der Waals surface area contributed by atoms with Crippen LogP contribution in [0.25, 0.3) is 44.6 Å². The number of allylic oxidation sites excluding steroid dienone is 18. The first kappa shape index (κ1) is 42.3. The average molecular weight is 921 g/mol. The summed E-state index contributed by atoms with van der Waals surface area (Å²) in [5.41, 5.74) is 16.0. The van der Waals surface area contributed by atoms with Crippen LogP contribution in [0.5, 0.6) is 0 Å². The lowest BCUT2D eigenvalue weighted by Crippen LogP contribution is -2.33. The number of para-hydroxylation sites is 2. The highest BCUT2D eigenvalue weighted by molar-refractivity contribution is 8.03. The quantitative estimate of drug-likeness (QED) is 0.166. The highest BCUT2D eigenvalue weighted by atomic mass is 32.2. The fraction of sp³-hybridized carbons (Fsp3) is 0.123. The Kier molecular flexibility index (Phi) is 10.8. The first-order chi connectivity index (χ1) is 34.6. The number of thioether (sulfide) groups is 1. The number of pyridine rings is 1. The number of rotatable bonds is 6. The van der Waals surface area contributed by atoms with Crippen molar-refractivity contribution in [2.24, 2.45) is 0 Å². The third-order valence-corrected chi connectivity index (χ3v) is 15.8. The molecular weight excluding hydrogens is 869 g/mol. The van der Waals surface area contributed by atoms with Crippen LogP contribution in [0.1, 0.15) is 66.8 Å². The summed E-state index contributed by atoms with van der Waals surface area (Å²) < 4.78 is 2.57. The van der Waals surface area contributed by atoms with Crippen LogP contribution in [0.3, 0.4) is 0 Å². The van der Waals surface area contributed by atoms with Gasteiger partial charge in [-0.25, -0.2) is 4.98 Å². The molecule has 2 aliphatic heterocycles. The maximum absolute atomic E-state index is 5.48. The molecule has 4 aliphatic carbocycles. The monoisotopic (exact) mass is 920 g/mol. The smallest absolute Gasteiger partial charge is 0.138 e. The van der Waals surface area contributed by atoms with Crippen LogP contribution >= 0.6 is 11.8 Å². The summed E-state index contributed by atoms with van der Waals surface area (Å²) in [6.07, 6.45) is 40.2. The van der Waals surface area contributed by atoms with Gasteiger partial charge in [-0.3, -0.25) is 4.90 Å². The van der Waals surface area contributed by atoms with E-state index in [9.17, 15) is 0 Å². The van der Waals surface area contributed by atoms with Gasteiger partial charge in [-0.05, 0) is 132 Å². The molecule has 4 heterocycles. The Labute approximate surface area is 414 Å². The zero-order chi connectivity index (χ0) is 46.5. The summed E-state index contributed by atoms with van der Waals surface area (Å²) in [5, 5.41) is 6.33. The van der Waals surface area contributed by atoms with Crippen molar-refractivity contribution in [3.8, 4) is 0 Å². The third-order valence-electron chi connectivity index (χ3n) is 14.7. The van der Waals surface area contributed by atoms with E-state index in [2.05, 4.69) is 240 Å². The normalized spacial score (nSPS) is 20.1. The van der Waals surface area contributed by atoms with Gasteiger partial charge in [-0.15, -0.1) is 0 Å². The Hall–Kier alpha value is -7.86. The van der Waals surface area contributed by atoms with Crippen LogP contribution in [0.15, 0.2) is 239 Å². The van der Waals surface area contributed by atoms with E-state index < -0.39 is 0 Å². The molecule has 0 fully saturated rings. The lowest BCUT2D eigenvalue weighted by atomic mass is 9.91. The molecule has 4 bridgehead atoms. The van der Waals surface area contributed by atoms with Crippen molar-refractivity contribution >= 4 is 73.5 Å². The Morgan fingerprint density at radius 2 is 1.54 bits per heavy atom. The maximum atomic E-state index is 5.48. The minimum Gasteiger partial charge on any atom is -0.314 e. The molecule has 5 aromatic carbocycles. The van der Waals surface area contributed by atoms with E-state index in [-0.39, 0.29) is 0 Å². The fourth-order valence-corrected chi connectivity index (χ4v) is 12.5. The predicted octanol–water partition coefficient (Wildman–Crippen LogP) is 15.4. The largest absolute Gasteiger partial charge is 0.314 e. The lowest BCUT2D eigenvalue weighted by Gasteiger charge is -2.34. The summed E-state index contributed by atoms with van der Waals surface area (Å²) in [7, 11) is 0. The van der Waals surface area contributed by atoms with E-state index in [1.807, 2.05) is 11.8 Å². The molecule has 338 valence electrons. The highest BCUT2D eigenvalue weighted by Gasteiger charge is 2.31. The summed E-state index contributed by atoms with van der Waals surface area (Å²) in [6.45, 7) is 2.28. The number of fused-ring (bicyclic) bond motifs is 11. The Morgan fingerprint density at radius 3 is 2.51 bits per heavy atom. The molecule has 70 heavy (non-hydrogen) atoms. The average Bonchev–Trinajstić information content (AvgIpc) is 3.50. The van der Waals surface area contributed by atoms with Gasteiger partial charge < -0.3 is 9.47 Å². The topological polar surface area (TPSA) is 24.3 Å². The van der Waals surface area contributed by atoms with Crippen molar-refractivity contribution in [1.29, 1.82) is 0 Å². The number of hydrogen-bond donors (Lipinski definition) is 0. The zero-order valence-electron chi connectivity index (χ0n) is 39.3. The van der Waals surface area contributed by atoms with E-state index >= 15 is 0 Å². The number of nitrogens with zero attached hydrogens (tertiary/aromatic N) is 4. The molecular formula is C65H52N4S. The number of aromatic nitrogens is 2. The second kappa shape index (κ2) is 17.9. The van der Waals surface area contributed by atoms with Crippen LogP contribution in [0, 0.1) is 6.92 Å². The molecule has 0 radical (unpaired) electrons.